The Labute approximate surface area is 92.5 Å². The van der Waals surface area contributed by atoms with Crippen molar-refractivity contribution in [1.29, 1.82) is 0 Å². The SMILES string of the molecule is [CH2]CC(C)(C)OCCOCCOCCO. The van der Waals surface area contributed by atoms with Crippen molar-refractivity contribution >= 4 is 0 Å². The highest BCUT2D eigenvalue weighted by Crippen LogP contribution is 2.12. The molecule has 0 unspecified atom stereocenters. The lowest BCUT2D eigenvalue weighted by Crippen LogP contribution is -2.25. The van der Waals surface area contributed by atoms with Crippen LogP contribution in [0, 0.1) is 6.92 Å². The fourth-order valence-corrected chi connectivity index (χ4v) is 0.836. The molecule has 4 nitrogen and oxygen atoms in total. The van der Waals surface area contributed by atoms with Crippen molar-refractivity contribution in [2.24, 2.45) is 0 Å². The Morgan fingerprint density at radius 2 is 1.53 bits per heavy atom. The van der Waals surface area contributed by atoms with Crippen molar-refractivity contribution in [3.63, 3.8) is 0 Å². The van der Waals surface area contributed by atoms with Gasteiger partial charge in [0.15, 0.2) is 0 Å². The molecule has 15 heavy (non-hydrogen) atoms. The van der Waals surface area contributed by atoms with Crippen LogP contribution in [0.3, 0.4) is 0 Å². The van der Waals surface area contributed by atoms with E-state index in [1.807, 2.05) is 13.8 Å². The average molecular weight is 219 g/mol. The molecule has 0 spiro atoms. The second kappa shape index (κ2) is 9.09. The molecule has 0 amide bonds. The monoisotopic (exact) mass is 219 g/mol. The highest BCUT2D eigenvalue weighted by molar-refractivity contribution is 4.68. The van der Waals surface area contributed by atoms with Crippen molar-refractivity contribution in [3.05, 3.63) is 6.92 Å². The topological polar surface area (TPSA) is 47.9 Å². The van der Waals surface area contributed by atoms with Crippen LogP contribution in [0.2, 0.25) is 0 Å². The van der Waals surface area contributed by atoms with E-state index < -0.39 is 0 Å². The maximum absolute atomic E-state index is 8.43. The zero-order valence-electron chi connectivity index (χ0n) is 9.83. The highest BCUT2D eigenvalue weighted by atomic mass is 16.6. The van der Waals surface area contributed by atoms with Crippen LogP contribution >= 0.6 is 0 Å². The van der Waals surface area contributed by atoms with Gasteiger partial charge in [-0.05, 0) is 20.3 Å². The molecule has 4 heteroatoms. The Morgan fingerprint density at radius 1 is 1.00 bits per heavy atom. The van der Waals surface area contributed by atoms with Gasteiger partial charge in [-0.3, -0.25) is 0 Å². The second-order valence-electron chi connectivity index (χ2n) is 3.81. The molecule has 0 fully saturated rings. The molecule has 0 aliphatic carbocycles. The number of aliphatic hydroxyl groups is 1. The molecule has 0 aromatic rings. The Kier molecular flexibility index (Phi) is 9.00. The molecule has 0 aromatic carbocycles. The van der Waals surface area contributed by atoms with Crippen LogP contribution in [0.5, 0.6) is 0 Å². The molecule has 0 saturated carbocycles. The third kappa shape index (κ3) is 10.1. The number of aliphatic hydroxyl groups excluding tert-OH is 1. The van der Waals surface area contributed by atoms with Crippen LogP contribution in [0.25, 0.3) is 0 Å². The van der Waals surface area contributed by atoms with Crippen molar-refractivity contribution in [1.82, 2.24) is 0 Å². The summed E-state index contributed by atoms with van der Waals surface area (Å²) in [6, 6.07) is 0. The van der Waals surface area contributed by atoms with Crippen LogP contribution in [-0.2, 0) is 14.2 Å². The normalized spacial score (nSPS) is 12.0. The predicted octanol–water partition coefficient (Wildman–Crippen LogP) is 1.03. The molecule has 91 valence electrons. The first-order valence-corrected chi connectivity index (χ1v) is 5.32. The van der Waals surface area contributed by atoms with Gasteiger partial charge in [-0.1, -0.05) is 6.92 Å². The van der Waals surface area contributed by atoms with Crippen molar-refractivity contribution in [3.8, 4) is 0 Å². The minimum absolute atomic E-state index is 0.0563. The Bertz CT molecular complexity index is 137. The standard InChI is InChI=1S/C11H23O4/c1-4-11(2,3)15-10-9-14-8-7-13-6-5-12/h12H,1,4-10H2,2-3H3. The Morgan fingerprint density at radius 3 is 2.07 bits per heavy atom. The van der Waals surface area contributed by atoms with Crippen LogP contribution in [0.1, 0.15) is 20.3 Å². The van der Waals surface area contributed by atoms with Crippen molar-refractivity contribution in [2.45, 2.75) is 25.9 Å². The minimum atomic E-state index is -0.170. The van der Waals surface area contributed by atoms with E-state index >= 15 is 0 Å². The van der Waals surface area contributed by atoms with Gasteiger partial charge in [0.1, 0.15) is 0 Å². The molecule has 0 saturated heterocycles. The fraction of sp³-hybridized carbons (Fsp3) is 0.909. The number of rotatable bonds is 10. The summed E-state index contributed by atoms with van der Waals surface area (Å²) in [4.78, 5) is 0. The van der Waals surface area contributed by atoms with Gasteiger partial charge in [0.05, 0.1) is 45.2 Å². The van der Waals surface area contributed by atoms with E-state index in [-0.39, 0.29) is 12.2 Å². The number of ether oxygens (including phenoxy) is 3. The largest absolute Gasteiger partial charge is 0.394 e. The summed E-state index contributed by atoms with van der Waals surface area (Å²) in [6.45, 7) is 10.4. The maximum Gasteiger partial charge on any atom is 0.0707 e. The molecular formula is C11H23O4. The smallest absolute Gasteiger partial charge is 0.0707 e. The van der Waals surface area contributed by atoms with Crippen LogP contribution < -0.4 is 0 Å². The van der Waals surface area contributed by atoms with E-state index in [1.165, 1.54) is 0 Å². The molecule has 0 aromatic heterocycles. The van der Waals surface area contributed by atoms with Crippen LogP contribution in [0.4, 0.5) is 0 Å². The lowest BCUT2D eigenvalue weighted by Gasteiger charge is -2.23. The minimum Gasteiger partial charge on any atom is -0.394 e. The van der Waals surface area contributed by atoms with Gasteiger partial charge >= 0.3 is 0 Å². The van der Waals surface area contributed by atoms with Gasteiger partial charge in [0, 0.05) is 0 Å². The third-order valence-corrected chi connectivity index (χ3v) is 1.93. The number of hydrogen-bond donors (Lipinski definition) is 1. The summed E-state index contributed by atoms with van der Waals surface area (Å²) in [5.41, 5.74) is -0.170. The van der Waals surface area contributed by atoms with Gasteiger partial charge in [0.2, 0.25) is 0 Å². The van der Waals surface area contributed by atoms with E-state index in [2.05, 4.69) is 6.92 Å². The Hall–Kier alpha value is -0.160. The van der Waals surface area contributed by atoms with Crippen molar-refractivity contribution < 1.29 is 19.3 Å². The summed E-state index contributed by atoms with van der Waals surface area (Å²) >= 11 is 0. The molecule has 0 aliphatic rings. The molecule has 1 radical (unpaired) electrons. The molecule has 0 heterocycles. The predicted molar refractivity (Wildman–Crippen MR) is 58.7 cm³/mol. The van der Waals surface area contributed by atoms with Gasteiger partial charge in [-0.2, -0.15) is 0 Å². The maximum atomic E-state index is 8.43. The van der Waals surface area contributed by atoms with Gasteiger partial charge in [-0.15, -0.1) is 0 Å². The number of hydrogen-bond acceptors (Lipinski definition) is 4. The van der Waals surface area contributed by atoms with E-state index in [9.17, 15) is 0 Å². The van der Waals surface area contributed by atoms with Crippen molar-refractivity contribution in [2.75, 3.05) is 39.6 Å². The second-order valence-corrected chi connectivity index (χ2v) is 3.81. The molecular weight excluding hydrogens is 196 g/mol. The van der Waals surface area contributed by atoms with Crippen LogP contribution in [-0.4, -0.2) is 50.3 Å². The molecule has 0 rings (SSSR count). The summed E-state index contributed by atoms with van der Waals surface area (Å²) in [6.07, 6.45) is 0.743. The molecule has 0 atom stereocenters. The summed E-state index contributed by atoms with van der Waals surface area (Å²) in [5.74, 6) is 0. The lowest BCUT2D eigenvalue weighted by molar-refractivity contribution is -0.0515. The average Bonchev–Trinajstić information content (AvgIpc) is 2.22. The summed E-state index contributed by atoms with van der Waals surface area (Å²) in [5, 5.41) is 8.43. The quantitative estimate of drug-likeness (QED) is 0.558. The van der Waals surface area contributed by atoms with E-state index in [1.54, 1.807) is 0 Å². The van der Waals surface area contributed by atoms with Gasteiger partial charge in [0.25, 0.3) is 0 Å². The fourth-order valence-electron chi connectivity index (χ4n) is 0.836. The zero-order valence-corrected chi connectivity index (χ0v) is 9.83. The first kappa shape index (κ1) is 14.8. The van der Waals surface area contributed by atoms with E-state index in [0.29, 0.717) is 33.0 Å². The first-order valence-electron chi connectivity index (χ1n) is 5.32. The molecule has 0 bridgehead atoms. The Balaban J connectivity index is 3.11. The molecule has 1 N–H and O–H groups in total. The van der Waals surface area contributed by atoms with Gasteiger partial charge < -0.3 is 19.3 Å². The van der Waals surface area contributed by atoms with Gasteiger partial charge in [-0.25, -0.2) is 0 Å². The van der Waals surface area contributed by atoms with E-state index in [4.69, 9.17) is 19.3 Å². The van der Waals surface area contributed by atoms with Crippen LogP contribution in [0.15, 0.2) is 0 Å². The zero-order chi connectivity index (χ0) is 11.6. The van der Waals surface area contributed by atoms with E-state index in [0.717, 1.165) is 6.42 Å². The third-order valence-electron chi connectivity index (χ3n) is 1.93. The summed E-state index contributed by atoms with van der Waals surface area (Å²) in [7, 11) is 0. The molecule has 0 aliphatic heterocycles. The lowest BCUT2D eigenvalue weighted by atomic mass is 10.1. The summed E-state index contributed by atoms with van der Waals surface area (Å²) < 4.78 is 15.8. The first-order chi connectivity index (χ1) is 7.12. The highest BCUT2D eigenvalue weighted by Gasteiger charge is 2.14.